The van der Waals surface area contributed by atoms with Crippen LogP contribution < -0.4 is 16.2 Å². The molecule has 0 aliphatic carbocycles. The summed E-state index contributed by atoms with van der Waals surface area (Å²) in [6, 6.07) is 5.48. The van der Waals surface area contributed by atoms with Crippen molar-refractivity contribution in [1.29, 1.82) is 0 Å². The third-order valence-corrected chi connectivity index (χ3v) is 2.37. The van der Waals surface area contributed by atoms with Gasteiger partial charge in [-0.05, 0) is 24.1 Å². The van der Waals surface area contributed by atoms with E-state index in [1.165, 1.54) is 7.05 Å². The molecule has 9 heteroatoms. The molecule has 1 aromatic carbocycles. The minimum atomic E-state index is -0.985. The molecule has 1 atom stereocenters. The van der Waals surface area contributed by atoms with E-state index in [0.29, 0.717) is 11.4 Å². The number of carbonyl (C=O) groups excluding carboxylic acids is 1. The summed E-state index contributed by atoms with van der Waals surface area (Å²) in [5.74, 6) is -0.238. The second kappa shape index (κ2) is 9.26. The average molecular weight is 298 g/mol. The number of urea groups is 1. The maximum atomic E-state index is 10.5. The van der Waals surface area contributed by atoms with Crippen molar-refractivity contribution in [3.05, 3.63) is 34.7 Å². The zero-order chi connectivity index (χ0) is 16.4. The van der Waals surface area contributed by atoms with Gasteiger partial charge in [0.2, 0.25) is 0 Å². The maximum Gasteiger partial charge on any atom is 0.337 e. The highest BCUT2D eigenvalue weighted by atomic mass is 16.5. The molecule has 0 spiro atoms. The first kappa shape index (κ1) is 18.3. The number of hydrogen-bond donors (Lipinski definition) is 3. The predicted octanol–water partition coefficient (Wildman–Crippen LogP) is 0.328. The van der Waals surface area contributed by atoms with E-state index in [9.17, 15) is 14.5 Å². The van der Waals surface area contributed by atoms with Crippen molar-refractivity contribution in [2.45, 2.75) is 12.5 Å². The van der Waals surface area contributed by atoms with Crippen molar-refractivity contribution in [2.75, 3.05) is 14.2 Å². The molecule has 0 saturated heterocycles. The highest BCUT2D eigenvalue weighted by Gasteiger charge is 2.11. The molecular weight excluding hydrogens is 280 g/mol. The van der Waals surface area contributed by atoms with Crippen molar-refractivity contribution in [1.82, 2.24) is 5.01 Å². The van der Waals surface area contributed by atoms with Crippen LogP contribution in [-0.2, 0) is 11.2 Å². The highest BCUT2D eigenvalue weighted by Crippen LogP contribution is 2.12. The minimum absolute atomic E-state index is 0.333. The minimum Gasteiger partial charge on any atom is -0.497 e. The third kappa shape index (κ3) is 7.47. The molecule has 9 nitrogen and oxygen atoms in total. The van der Waals surface area contributed by atoms with Crippen molar-refractivity contribution >= 4 is 12.0 Å². The molecule has 1 aromatic rings. The van der Waals surface area contributed by atoms with E-state index in [2.05, 4.69) is 11.0 Å². The Morgan fingerprint density at radius 2 is 1.90 bits per heavy atom. The van der Waals surface area contributed by atoms with E-state index in [-0.39, 0.29) is 0 Å². The fourth-order valence-electron chi connectivity index (χ4n) is 1.14. The SMILES string of the molecule is CN(N=O)C(N)=O.COc1ccc(C[C@H](N)C(=O)O)cc1. The number of rotatable bonds is 5. The van der Waals surface area contributed by atoms with Gasteiger partial charge >= 0.3 is 12.0 Å². The van der Waals surface area contributed by atoms with Gasteiger partial charge in [-0.15, -0.1) is 4.91 Å². The Morgan fingerprint density at radius 1 is 1.38 bits per heavy atom. The van der Waals surface area contributed by atoms with E-state index < -0.39 is 18.0 Å². The summed E-state index contributed by atoms with van der Waals surface area (Å²) < 4.78 is 4.97. The Hall–Kier alpha value is -2.68. The second-order valence-electron chi connectivity index (χ2n) is 3.94. The summed E-state index contributed by atoms with van der Waals surface area (Å²) >= 11 is 0. The summed E-state index contributed by atoms with van der Waals surface area (Å²) in [7, 11) is 2.76. The lowest BCUT2D eigenvalue weighted by Gasteiger charge is -2.06. The molecular formula is C12H18N4O5. The van der Waals surface area contributed by atoms with E-state index in [1.54, 1.807) is 19.2 Å². The molecule has 0 aliphatic rings. The monoisotopic (exact) mass is 298 g/mol. The van der Waals surface area contributed by atoms with Crippen LogP contribution in [0.2, 0.25) is 0 Å². The lowest BCUT2D eigenvalue weighted by atomic mass is 10.1. The van der Waals surface area contributed by atoms with Crippen LogP contribution in [0.25, 0.3) is 0 Å². The first-order chi connectivity index (χ1) is 9.81. The van der Waals surface area contributed by atoms with Crippen LogP contribution in [0.3, 0.4) is 0 Å². The van der Waals surface area contributed by atoms with Gasteiger partial charge in [0, 0.05) is 7.05 Å². The third-order valence-electron chi connectivity index (χ3n) is 2.37. The number of aliphatic carboxylic acids is 1. The summed E-state index contributed by atoms with van der Waals surface area (Å²) in [5, 5.41) is 11.3. The molecule has 0 radical (unpaired) electrons. The van der Waals surface area contributed by atoms with Gasteiger partial charge in [-0.1, -0.05) is 12.1 Å². The number of primary amides is 1. The smallest absolute Gasteiger partial charge is 0.337 e. The first-order valence-corrected chi connectivity index (χ1v) is 5.79. The molecule has 0 unspecified atom stereocenters. The number of ether oxygens (including phenoxy) is 1. The fraction of sp³-hybridized carbons (Fsp3) is 0.333. The fourth-order valence-corrected chi connectivity index (χ4v) is 1.14. The number of carboxylic acids is 1. The Bertz CT molecular complexity index is 477. The number of methoxy groups -OCH3 is 1. The van der Waals surface area contributed by atoms with Crippen molar-refractivity contribution < 1.29 is 19.4 Å². The van der Waals surface area contributed by atoms with Gasteiger partial charge in [0.15, 0.2) is 0 Å². The van der Waals surface area contributed by atoms with Crippen LogP contribution in [0.4, 0.5) is 4.79 Å². The Kier molecular flexibility index (Phi) is 8.08. The number of nitrogens with zero attached hydrogens (tertiary/aromatic N) is 2. The van der Waals surface area contributed by atoms with Gasteiger partial charge in [0.1, 0.15) is 11.8 Å². The van der Waals surface area contributed by atoms with E-state index in [0.717, 1.165) is 11.3 Å². The quantitative estimate of drug-likeness (QED) is 0.526. The van der Waals surface area contributed by atoms with E-state index >= 15 is 0 Å². The van der Waals surface area contributed by atoms with Gasteiger partial charge in [0.25, 0.3) is 0 Å². The van der Waals surface area contributed by atoms with Gasteiger partial charge in [-0.2, -0.15) is 5.01 Å². The number of carbonyl (C=O) groups is 2. The molecule has 0 heterocycles. The zero-order valence-corrected chi connectivity index (χ0v) is 11.7. The molecule has 5 N–H and O–H groups in total. The van der Waals surface area contributed by atoms with Crippen LogP contribution in [0, 0.1) is 4.91 Å². The summed E-state index contributed by atoms with van der Waals surface area (Å²) in [5.41, 5.74) is 10.8. The molecule has 0 aromatic heterocycles. The van der Waals surface area contributed by atoms with Crippen LogP contribution in [0.1, 0.15) is 5.56 Å². The van der Waals surface area contributed by atoms with Crippen molar-refractivity contribution in [2.24, 2.45) is 16.8 Å². The molecule has 21 heavy (non-hydrogen) atoms. The zero-order valence-electron chi connectivity index (χ0n) is 11.7. The van der Waals surface area contributed by atoms with Crippen LogP contribution in [0.5, 0.6) is 5.75 Å². The Labute approximate surface area is 121 Å². The summed E-state index contributed by atoms with van der Waals surface area (Å²) in [6.45, 7) is 0. The largest absolute Gasteiger partial charge is 0.497 e. The molecule has 0 aliphatic heterocycles. The van der Waals surface area contributed by atoms with Crippen LogP contribution in [-0.4, -0.2) is 42.3 Å². The molecule has 2 amide bonds. The standard InChI is InChI=1S/C10H13NO3.C2H5N3O2/c1-14-8-4-2-7(3-5-8)6-9(11)10(12)13;1-5(4-7)2(3)6/h2-5,9H,6,11H2,1H3,(H,12,13);1H3,(H2,3,6)/t9-;/m0./s1. The Morgan fingerprint density at radius 3 is 2.19 bits per heavy atom. The summed E-state index contributed by atoms with van der Waals surface area (Å²) in [4.78, 5) is 29.6. The van der Waals surface area contributed by atoms with Gasteiger partial charge in [-0.25, -0.2) is 4.79 Å². The first-order valence-electron chi connectivity index (χ1n) is 5.79. The van der Waals surface area contributed by atoms with Gasteiger partial charge < -0.3 is 21.3 Å². The lowest BCUT2D eigenvalue weighted by molar-refractivity contribution is -0.138. The number of hydrogen-bond acceptors (Lipinski definition) is 6. The van der Waals surface area contributed by atoms with Crippen molar-refractivity contribution in [3.63, 3.8) is 0 Å². The second-order valence-corrected chi connectivity index (χ2v) is 3.94. The van der Waals surface area contributed by atoms with Crippen LogP contribution >= 0.6 is 0 Å². The van der Waals surface area contributed by atoms with E-state index in [4.69, 9.17) is 15.6 Å². The maximum absolute atomic E-state index is 10.5. The predicted molar refractivity (Wildman–Crippen MR) is 75.5 cm³/mol. The number of nitrogens with two attached hydrogens (primary N) is 2. The molecule has 1 rings (SSSR count). The van der Waals surface area contributed by atoms with Gasteiger partial charge in [0.05, 0.1) is 12.4 Å². The molecule has 0 fully saturated rings. The van der Waals surface area contributed by atoms with Crippen LogP contribution in [0.15, 0.2) is 29.6 Å². The van der Waals surface area contributed by atoms with Gasteiger partial charge in [-0.3, -0.25) is 4.79 Å². The number of nitroso groups, excluding NO2 is 1. The lowest BCUT2D eigenvalue weighted by Crippen LogP contribution is -2.32. The van der Waals surface area contributed by atoms with Crippen molar-refractivity contribution in [3.8, 4) is 5.75 Å². The normalized spacial score (nSPS) is 10.6. The summed E-state index contributed by atoms with van der Waals surface area (Å²) in [6.07, 6.45) is 0.333. The number of amides is 2. The highest BCUT2D eigenvalue weighted by molar-refractivity contribution is 5.73. The number of benzene rings is 1. The molecule has 116 valence electrons. The molecule has 0 saturated carbocycles. The average Bonchev–Trinajstić information content (AvgIpc) is 2.47. The topological polar surface area (TPSA) is 148 Å². The molecule has 0 bridgehead atoms. The number of carboxylic acid groups (broad SMARTS) is 1. The van der Waals surface area contributed by atoms with E-state index in [1.807, 2.05) is 12.1 Å². The Balaban J connectivity index is 0.000000486.